The summed E-state index contributed by atoms with van der Waals surface area (Å²) >= 11 is 0. The Balaban J connectivity index is 1.38. The number of rotatable bonds is 4. The smallest absolute Gasteiger partial charge is 0.258 e. The van der Waals surface area contributed by atoms with E-state index in [2.05, 4.69) is 57.0 Å². The van der Waals surface area contributed by atoms with Gasteiger partial charge in [-0.05, 0) is 30.7 Å². The lowest BCUT2D eigenvalue weighted by molar-refractivity contribution is -0.114. The van der Waals surface area contributed by atoms with Crippen LogP contribution in [0.3, 0.4) is 0 Å². The monoisotopic (exact) mass is 416 g/mol. The SMILES string of the molecule is CC(=O)Nc1cccc(-c2nc(-c3nnn4c3CO[C@@H](c3ccc(C)cc3)C4)no2)c1. The zero-order valence-corrected chi connectivity index (χ0v) is 17.1. The number of hydrogen-bond donors (Lipinski definition) is 1. The number of carbonyl (C=O) groups is 1. The molecule has 0 spiro atoms. The normalized spacial score (nSPS) is 15.5. The molecule has 2 aromatic carbocycles. The number of aryl methyl sites for hydroxylation is 1. The molecule has 0 fully saturated rings. The maximum absolute atomic E-state index is 11.3. The fourth-order valence-corrected chi connectivity index (χ4v) is 3.54. The number of aromatic nitrogens is 5. The van der Waals surface area contributed by atoms with Gasteiger partial charge in [0.1, 0.15) is 6.10 Å². The van der Waals surface area contributed by atoms with Crippen molar-refractivity contribution in [2.75, 3.05) is 5.32 Å². The number of nitrogens with one attached hydrogen (secondary N) is 1. The van der Waals surface area contributed by atoms with Crippen LogP contribution in [0, 0.1) is 6.92 Å². The van der Waals surface area contributed by atoms with Gasteiger partial charge in [0.05, 0.1) is 18.8 Å². The lowest BCUT2D eigenvalue weighted by Crippen LogP contribution is -2.22. The van der Waals surface area contributed by atoms with Crippen molar-refractivity contribution in [1.29, 1.82) is 0 Å². The van der Waals surface area contributed by atoms with Crippen molar-refractivity contribution in [2.45, 2.75) is 33.1 Å². The minimum absolute atomic E-state index is 0.0833. The van der Waals surface area contributed by atoms with Gasteiger partial charge < -0.3 is 14.6 Å². The number of nitrogens with zero attached hydrogens (tertiary/aromatic N) is 5. The van der Waals surface area contributed by atoms with Crippen LogP contribution in [0.25, 0.3) is 23.0 Å². The van der Waals surface area contributed by atoms with E-state index in [1.165, 1.54) is 12.5 Å². The number of benzene rings is 2. The van der Waals surface area contributed by atoms with Crippen LogP contribution < -0.4 is 5.32 Å². The first-order chi connectivity index (χ1) is 15.1. The Labute approximate surface area is 178 Å². The van der Waals surface area contributed by atoms with Crippen LogP contribution in [0.4, 0.5) is 5.69 Å². The predicted molar refractivity (Wildman–Crippen MR) is 112 cm³/mol. The van der Waals surface area contributed by atoms with E-state index in [-0.39, 0.29) is 12.0 Å². The van der Waals surface area contributed by atoms with Crippen LogP contribution in [0.15, 0.2) is 53.1 Å². The molecule has 1 amide bonds. The predicted octanol–water partition coefficient (Wildman–Crippen LogP) is 3.53. The summed E-state index contributed by atoms with van der Waals surface area (Å²) < 4.78 is 13.3. The standard InChI is InChI=1S/C22H20N6O3/c1-13-6-8-15(9-7-13)19-11-28-18(12-30-19)20(25-27-28)21-24-22(31-26-21)16-4-3-5-17(10-16)23-14(2)29/h3-10,19H,11-12H2,1-2H3,(H,23,29)/t19-/m1/s1. The first-order valence-electron chi connectivity index (χ1n) is 9.89. The topological polar surface area (TPSA) is 108 Å². The highest BCUT2D eigenvalue weighted by Gasteiger charge is 2.27. The van der Waals surface area contributed by atoms with Crippen LogP contribution in [0.1, 0.15) is 29.8 Å². The molecule has 4 aromatic rings. The van der Waals surface area contributed by atoms with Gasteiger partial charge in [-0.2, -0.15) is 4.98 Å². The third-order valence-electron chi connectivity index (χ3n) is 5.11. The van der Waals surface area contributed by atoms with Crippen molar-refractivity contribution in [3.63, 3.8) is 0 Å². The average Bonchev–Trinajstić information content (AvgIpc) is 3.40. The van der Waals surface area contributed by atoms with Crippen molar-refractivity contribution >= 4 is 11.6 Å². The number of amides is 1. The van der Waals surface area contributed by atoms with Gasteiger partial charge in [0.15, 0.2) is 5.69 Å². The minimum Gasteiger partial charge on any atom is -0.365 e. The molecular weight excluding hydrogens is 396 g/mol. The van der Waals surface area contributed by atoms with E-state index in [1.54, 1.807) is 12.1 Å². The molecule has 0 aliphatic carbocycles. The summed E-state index contributed by atoms with van der Waals surface area (Å²) in [6.45, 7) is 4.43. The Morgan fingerprint density at radius 1 is 1.19 bits per heavy atom. The highest BCUT2D eigenvalue weighted by Crippen LogP contribution is 2.31. The van der Waals surface area contributed by atoms with Gasteiger partial charge >= 0.3 is 0 Å². The third-order valence-corrected chi connectivity index (χ3v) is 5.11. The number of ether oxygens (including phenoxy) is 1. The second-order valence-corrected chi connectivity index (χ2v) is 7.46. The number of fused-ring (bicyclic) bond motifs is 1. The second-order valence-electron chi connectivity index (χ2n) is 7.46. The summed E-state index contributed by atoms with van der Waals surface area (Å²) in [4.78, 5) is 15.8. The van der Waals surface area contributed by atoms with Crippen LogP contribution in [0.5, 0.6) is 0 Å². The van der Waals surface area contributed by atoms with Crippen LogP contribution >= 0.6 is 0 Å². The molecular formula is C22H20N6O3. The van der Waals surface area contributed by atoms with Crippen molar-refractivity contribution in [3.05, 3.63) is 65.4 Å². The molecule has 1 aliphatic heterocycles. The van der Waals surface area contributed by atoms with E-state index in [1.807, 2.05) is 16.8 Å². The van der Waals surface area contributed by atoms with Crippen molar-refractivity contribution in [3.8, 4) is 23.0 Å². The summed E-state index contributed by atoms with van der Waals surface area (Å²) in [6.07, 6.45) is -0.0833. The molecule has 1 atom stereocenters. The molecule has 0 radical (unpaired) electrons. The van der Waals surface area contributed by atoms with E-state index in [0.717, 1.165) is 11.3 Å². The zero-order valence-electron chi connectivity index (χ0n) is 17.1. The molecule has 156 valence electrons. The van der Waals surface area contributed by atoms with E-state index in [0.29, 0.717) is 41.8 Å². The summed E-state index contributed by atoms with van der Waals surface area (Å²) in [5.41, 5.74) is 5.01. The van der Waals surface area contributed by atoms with Gasteiger partial charge in [-0.15, -0.1) is 5.10 Å². The Bertz CT molecular complexity index is 1240. The van der Waals surface area contributed by atoms with E-state index >= 15 is 0 Å². The summed E-state index contributed by atoms with van der Waals surface area (Å²) in [5.74, 6) is 0.528. The lowest BCUT2D eigenvalue weighted by Gasteiger charge is -2.24. The van der Waals surface area contributed by atoms with Crippen LogP contribution in [-0.4, -0.2) is 31.0 Å². The van der Waals surface area contributed by atoms with Gasteiger partial charge in [0, 0.05) is 18.2 Å². The average molecular weight is 416 g/mol. The molecule has 1 N–H and O–H groups in total. The van der Waals surface area contributed by atoms with Gasteiger partial charge in [-0.25, -0.2) is 4.68 Å². The second kappa shape index (κ2) is 7.77. The van der Waals surface area contributed by atoms with Gasteiger partial charge in [0.25, 0.3) is 5.89 Å². The van der Waals surface area contributed by atoms with Gasteiger partial charge in [-0.3, -0.25) is 4.79 Å². The van der Waals surface area contributed by atoms with Crippen molar-refractivity contribution in [1.82, 2.24) is 25.1 Å². The first-order valence-corrected chi connectivity index (χ1v) is 9.89. The summed E-state index contributed by atoms with van der Waals surface area (Å²) in [7, 11) is 0. The Kier molecular flexibility index (Phi) is 4.79. The number of anilines is 1. The highest BCUT2D eigenvalue weighted by molar-refractivity contribution is 5.89. The summed E-state index contributed by atoms with van der Waals surface area (Å²) in [6, 6.07) is 15.5. The number of hydrogen-bond acceptors (Lipinski definition) is 7. The Morgan fingerprint density at radius 2 is 2.03 bits per heavy atom. The molecule has 9 nitrogen and oxygen atoms in total. The molecule has 0 saturated heterocycles. The van der Waals surface area contributed by atoms with Gasteiger partial charge in [-0.1, -0.05) is 46.3 Å². The third kappa shape index (κ3) is 3.82. The molecule has 0 unspecified atom stereocenters. The van der Waals surface area contributed by atoms with E-state index in [4.69, 9.17) is 9.26 Å². The van der Waals surface area contributed by atoms with Crippen molar-refractivity contribution in [2.24, 2.45) is 0 Å². The molecule has 0 saturated carbocycles. The zero-order chi connectivity index (χ0) is 21.4. The molecule has 31 heavy (non-hydrogen) atoms. The van der Waals surface area contributed by atoms with E-state index < -0.39 is 0 Å². The minimum atomic E-state index is -0.150. The molecule has 2 aromatic heterocycles. The van der Waals surface area contributed by atoms with Gasteiger partial charge in [0.2, 0.25) is 11.7 Å². The van der Waals surface area contributed by atoms with Crippen LogP contribution in [0.2, 0.25) is 0 Å². The maximum Gasteiger partial charge on any atom is 0.258 e. The fraction of sp³-hybridized carbons (Fsp3) is 0.227. The molecule has 5 rings (SSSR count). The highest BCUT2D eigenvalue weighted by atomic mass is 16.5. The van der Waals surface area contributed by atoms with Crippen LogP contribution in [-0.2, 0) is 22.7 Å². The Morgan fingerprint density at radius 3 is 2.84 bits per heavy atom. The quantitative estimate of drug-likeness (QED) is 0.542. The maximum atomic E-state index is 11.3. The van der Waals surface area contributed by atoms with E-state index in [9.17, 15) is 4.79 Å². The first kappa shape index (κ1) is 19.1. The molecule has 1 aliphatic rings. The fourth-order valence-electron chi connectivity index (χ4n) is 3.54. The molecule has 3 heterocycles. The largest absolute Gasteiger partial charge is 0.365 e. The molecule has 0 bridgehead atoms. The summed E-state index contributed by atoms with van der Waals surface area (Å²) in [5, 5.41) is 15.4. The Hall–Kier alpha value is -3.85. The molecule has 9 heteroatoms. The lowest BCUT2D eigenvalue weighted by atomic mass is 10.1. The van der Waals surface area contributed by atoms with Crippen molar-refractivity contribution < 1.29 is 14.1 Å². The number of carbonyl (C=O) groups excluding carboxylic acids is 1.